The molecule has 0 saturated carbocycles. The summed E-state index contributed by atoms with van der Waals surface area (Å²) in [5, 5.41) is 10.7. The van der Waals surface area contributed by atoms with Crippen LogP contribution in [0.15, 0.2) is 48.5 Å². The Morgan fingerprint density at radius 1 is 0.581 bits per heavy atom. The van der Waals surface area contributed by atoms with E-state index in [1.165, 1.54) is 0 Å². The first-order valence-corrected chi connectivity index (χ1v) is 10.1. The van der Waals surface area contributed by atoms with Gasteiger partial charge >= 0.3 is 0 Å². The Balaban J connectivity index is 1.70. The maximum Gasteiger partial charge on any atom is 0.224 e. The average Bonchev–Trinajstić information content (AvgIpc) is 2.76. The van der Waals surface area contributed by atoms with Crippen molar-refractivity contribution in [3.63, 3.8) is 0 Å². The summed E-state index contributed by atoms with van der Waals surface area (Å²) >= 11 is 0. The zero-order valence-corrected chi connectivity index (χ0v) is 17.8. The lowest BCUT2D eigenvalue weighted by atomic mass is 10.1. The van der Waals surface area contributed by atoms with E-state index in [0.29, 0.717) is 17.8 Å². The third kappa shape index (κ3) is 8.69. The van der Waals surface area contributed by atoms with Gasteiger partial charge in [-0.25, -0.2) is 0 Å². The van der Waals surface area contributed by atoms with Crippen LogP contribution in [0.2, 0.25) is 0 Å². The van der Waals surface area contributed by atoms with E-state index in [1.807, 2.05) is 0 Å². The second-order valence-corrected chi connectivity index (χ2v) is 7.04. The van der Waals surface area contributed by atoms with Crippen molar-refractivity contribution in [2.45, 2.75) is 32.1 Å². The van der Waals surface area contributed by atoms with E-state index in [9.17, 15) is 19.2 Å². The first kappa shape index (κ1) is 23.6. The smallest absolute Gasteiger partial charge is 0.224 e. The van der Waals surface area contributed by atoms with Gasteiger partial charge in [-0.1, -0.05) is 24.3 Å². The second kappa shape index (κ2) is 12.1. The lowest BCUT2D eigenvalue weighted by molar-refractivity contribution is -0.120. The van der Waals surface area contributed by atoms with Gasteiger partial charge in [0.15, 0.2) is 0 Å². The Morgan fingerprint density at radius 2 is 0.935 bits per heavy atom. The standard InChI is InChI=1S/C23H28N4O4/c1-24-22(30)14-16-6-10-18(11-7-16)26-20(28)4-3-5-21(29)27-19-12-8-17(9-13-19)15-23(31)25-2/h6-13H,3-5,14-15H2,1-2H3,(H,24,30)(H,25,31)(H,26,28)(H,27,29). The molecule has 0 atom stereocenters. The number of benzene rings is 2. The number of carbonyl (C=O) groups excluding carboxylic acids is 4. The molecular formula is C23H28N4O4. The monoisotopic (exact) mass is 424 g/mol. The van der Waals surface area contributed by atoms with Crippen LogP contribution in [-0.2, 0) is 32.0 Å². The van der Waals surface area contributed by atoms with Crippen LogP contribution in [0.1, 0.15) is 30.4 Å². The Labute approximate surface area is 181 Å². The van der Waals surface area contributed by atoms with Gasteiger partial charge in [0, 0.05) is 38.3 Å². The van der Waals surface area contributed by atoms with Crippen molar-refractivity contribution in [1.82, 2.24) is 10.6 Å². The number of hydrogen-bond donors (Lipinski definition) is 4. The fraction of sp³-hybridized carbons (Fsp3) is 0.304. The van der Waals surface area contributed by atoms with Crippen LogP contribution < -0.4 is 21.3 Å². The molecule has 2 aromatic carbocycles. The maximum absolute atomic E-state index is 12.1. The molecule has 31 heavy (non-hydrogen) atoms. The van der Waals surface area contributed by atoms with Gasteiger partial charge in [-0.2, -0.15) is 0 Å². The summed E-state index contributed by atoms with van der Waals surface area (Å²) in [7, 11) is 3.17. The molecule has 2 rings (SSSR count). The number of amides is 4. The molecule has 0 saturated heterocycles. The molecule has 0 aliphatic heterocycles. The van der Waals surface area contributed by atoms with E-state index in [0.717, 1.165) is 11.1 Å². The lowest BCUT2D eigenvalue weighted by Crippen LogP contribution is -2.20. The first-order valence-electron chi connectivity index (χ1n) is 10.1. The second-order valence-electron chi connectivity index (χ2n) is 7.04. The predicted octanol–water partition coefficient (Wildman–Crippen LogP) is 2.01. The molecule has 4 amide bonds. The highest BCUT2D eigenvalue weighted by Crippen LogP contribution is 2.13. The van der Waals surface area contributed by atoms with Crippen LogP contribution in [0.4, 0.5) is 11.4 Å². The third-order valence-corrected chi connectivity index (χ3v) is 4.57. The molecule has 0 unspecified atom stereocenters. The fourth-order valence-electron chi connectivity index (χ4n) is 2.82. The topological polar surface area (TPSA) is 116 Å². The molecule has 0 heterocycles. The van der Waals surface area contributed by atoms with Crippen molar-refractivity contribution in [1.29, 1.82) is 0 Å². The molecule has 0 aliphatic carbocycles. The predicted molar refractivity (Wildman–Crippen MR) is 120 cm³/mol. The van der Waals surface area contributed by atoms with Gasteiger partial charge in [0.1, 0.15) is 0 Å². The van der Waals surface area contributed by atoms with Gasteiger partial charge in [0.25, 0.3) is 0 Å². The van der Waals surface area contributed by atoms with Crippen LogP contribution in [-0.4, -0.2) is 37.7 Å². The number of rotatable bonds is 10. The van der Waals surface area contributed by atoms with Gasteiger partial charge in [0.05, 0.1) is 12.8 Å². The van der Waals surface area contributed by atoms with E-state index in [4.69, 9.17) is 0 Å². The minimum absolute atomic E-state index is 0.0742. The van der Waals surface area contributed by atoms with Crippen LogP contribution >= 0.6 is 0 Å². The van der Waals surface area contributed by atoms with Gasteiger partial charge in [-0.15, -0.1) is 0 Å². The Bertz CT molecular complexity index is 833. The number of anilines is 2. The van der Waals surface area contributed by atoms with Crippen molar-refractivity contribution in [3.8, 4) is 0 Å². The van der Waals surface area contributed by atoms with Gasteiger partial charge in [-0.05, 0) is 41.8 Å². The van der Waals surface area contributed by atoms with E-state index >= 15 is 0 Å². The summed E-state index contributed by atoms with van der Waals surface area (Å²) in [6.45, 7) is 0. The molecule has 4 N–H and O–H groups in total. The zero-order chi connectivity index (χ0) is 22.6. The minimum atomic E-state index is -0.176. The van der Waals surface area contributed by atoms with Gasteiger partial charge < -0.3 is 21.3 Å². The van der Waals surface area contributed by atoms with Crippen LogP contribution in [0.3, 0.4) is 0 Å². The number of likely N-dealkylation sites (N-methyl/N-ethyl adjacent to an activating group) is 2. The molecule has 164 valence electrons. The number of carbonyl (C=O) groups is 4. The van der Waals surface area contributed by atoms with Crippen LogP contribution in [0, 0.1) is 0 Å². The van der Waals surface area contributed by atoms with Crippen molar-refractivity contribution in [3.05, 3.63) is 59.7 Å². The highest BCUT2D eigenvalue weighted by atomic mass is 16.2. The average molecular weight is 425 g/mol. The van der Waals surface area contributed by atoms with Crippen molar-refractivity contribution in [2.75, 3.05) is 24.7 Å². The highest BCUT2D eigenvalue weighted by Gasteiger charge is 2.08. The number of nitrogens with one attached hydrogen (secondary N) is 4. The normalized spacial score (nSPS) is 10.1. The molecule has 0 fully saturated rings. The summed E-state index contributed by atoms with van der Waals surface area (Å²) in [6.07, 6.45) is 1.44. The van der Waals surface area contributed by atoms with Crippen LogP contribution in [0.5, 0.6) is 0 Å². The molecule has 8 heteroatoms. The van der Waals surface area contributed by atoms with Crippen molar-refractivity contribution in [2.24, 2.45) is 0 Å². The van der Waals surface area contributed by atoms with Crippen molar-refractivity contribution < 1.29 is 19.2 Å². The molecule has 0 bridgehead atoms. The van der Waals surface area contributed by atoms with E-state index in [-0.39, 0.29) is 49.3 Å². The lowest BCUT2D eigenvalue weighted by Gasteiger charge is -2.08. The van der Waals surface area contributed by atoms with E-state index in [2.05, 4.69) is 21.3 Å². The maximum atomic E-state index is 12.1. The largest absolute Gasteiger partial charge is 0.359 e. The van der Waals surface area contributed by atoms with Gasteiger partial charge in [-0.3, -0.25) is 19.2 Å². The Hall–Kier alpha value is -3.68. The van der Waals surface area contributed by atoms with Gasteiger partial charge in [0.2, 0.25) is 23.6 Å². The van der Waals surface area contributed by atoms with Crippen LogP contribution in [0.25, 0.3) is 0 Å². The SMILES string of the molecule is CNC(=O)Cc1ccc(NC(=O)CCCC(=O)Nc2ccc(CC(=O)NC)cc2)cc1. The summed E-state index contributed by atoms with van der Waals surface area (Å²) < 4.78 is 0. The summed E-state index contributed by atoms with van der Waals surface area (Å²) in [6, 6.07) is 14.1. The summed E-state index contributed by atoms with van der Waals surface area (Å²) in [4.78, 5) is 46.9. The molecule has 2 aromatic rings. The molecular weight excluding hydrogens is 396 g/mol. The van der Waals surface area contributed by atoms with E-state index in [1.54, 1.807) is 62.6 Å². The molecule has 0 aliphatic rings. The quantitative estimate of drug-likeness (QED) is 0.467. The molecule has 0 spiro atoms. The number of hydrogen-bond acceptors (Lipinski definition) is 4. The highest BCUT2D eigenvalue weighted by molar-refractivity contribution is 5.93. The summed E-state index contributed by atoms with van der Waals surface area (Å²) in [5.74, 6) is -0.499. The minimum Gasteiger partial charge on any atom is -0.359 e. The molecule has 0 radical (unpaired) electrons. The van der Waals surface area contributed by atoms with E-state index < -0.39 is 0 Å². The Kier molecular flexibility index (Phi) is 9.22. The summed E-state index contributed by atoms with van der Waals surface area (Å²) in [5.41, 5.74) is 3.00. The third-order valence-electron chi connectivity index (χ3n) is 4.57. The fourth-order valence-corrected chi connectivity index (χ4v) is 2.82. The van der Waals surface area contributed by atoms with Crippen molar-refractivity contribution >= 4 is 35.0 Å². The molecule has 8 nitrogen and oxygen atoms in total. The first-order chi connectivity index (χ1) is 14.9. The zero-order valence-electron chi connectivity index (χ0n) is 17.8. The Morgan fingerprint density at radius 3 is 1.26 bits per heavy atom. The molecule has 0 aromatic heterocycles.